The first-order valence-corrected chi connectivity index (χ1v) is 13.0. The van der Waals surface area contributed by atoms with Crippen LogP contribution in [-0.4, -0.2) is 34.6 Å². The topological polar surface area (TPSA) is 79.6 Å². The Morgan fingerprint density at radius 1 is 1.16 bits per heavy atom. The van der Waals surface area contributed by atoms with E-state index in [2.05, 4.69) is 15.6 Å². The molecule has 2 N–H and O–H groups in total. The van der Waals surface area contributed by atoms with Crippen molar-refractivity contribution in [3.05, 3.63) is 101 Å². The second kappa shape index (κ2) is 11.2. The van der Waals surface area contributed by atoms with Crippen LogP contribution in [0.5, 0.6) is 5.75 Å². The van der Waals surface area contributed by atoms with Crippen molar-refractivity contribution in [3.8, 4) is 17.1 Å². The molecule has 1 aliphatic rings. The first kappa shape index (κ1) is 25.8. The predicted octanol–water partition coefficient (Wildman–Crippen LogP) is 6.31. The van der Waals surface area contributed by atoms with Gasteiger partial charge in [0.15, 0.2) is 5.11 Å². The Morgan fingerprint density at radius 2 is 1.97 bits per heavy atom. The molecule has 0 saturated carbocycles. The van der Waals surface area contributed by atoms with E-state index < -0.39 is 0 Å². The number of benzene rings is 2. The van der Waals surface area contributed by atoms with Crippen molar-refractivity contribution in [1.29, 1.82) is 0 Å². The summed E-state index contributed by atoms with van der Waals surface area (Å²) in [6.07, 6.45) is 1.97. The third kappa shape index (κ3) is 5.37. The van der Waals surface area contributed by atoms with Gasteiger partial charge in [0.2, 0.25) is 5.91 Å². The van der Waals surface area contributed by atoms with E-state index in [1.165, 1.54) is 0 Å². The van der Waals surface area contributed by atoms with Gasteiger partial charge in [0.25, 0.3) is 0 Å². The highest BCUT2D eigenvalue weighted by Crippen LogP contribution is 2.40. The van der Waals surface area contributed by atoms with Crippen molar-refractivity contribution >= 4 is 40.5 Å². The third-order valence-corrected chi connectivity index (χ3v) is 7.29. The maximum absolute atomic E-state index is 12.9. The number of amides is 1. The van der Waals surface area contributed by atoms with E-state index in [1.54, 1.807) is 25.4 Å². The van der Waals surface area contributed by atoms with Gasteiger partial charge in [-0.1, -0.05) is 41.9 Å². The number of methoxy groups -OCH3 is 1. The number of anilines is 1. The number of rotatable bonds is 8. The molecule has 2 aromatic heterocycles. The van der Waals surface area contributed by atoms with Gasteiger partial charge in [-0.3, -0.25) is 9.78 Å². The van der Waals surface area contributed by atoms with Gasteiger partial charge in [0.05, 0.1) is 24.5 Å². The molecular weight excluding hydrogens is 520 g/mol. The maximum atomic E-state index is 12.9. The number of carbonyl (C=O) groups is 1. The Labute approximate surface area is 231 Å². The molecule has 194 valence electrons. The lowest BCUT2D eigenvalue weighted by molar-refractivity contribution is -0.116. The zero-order valence-corrected chi connectivity index (χ0v) is 22.6. The van der Waals surface area contributed by atoms with Crippen molar-refractivity contribution in [2.75, 3.05) is 19.0 Å². The average Bonchev–Trinajstić information content (AvgIpc) is 3.54. The third-order valence-electron chi connectivity index (χ3n) is 6.53. The fourth-order valence-corrected chi connectivity index (χ4v) is 5.06. The number of thiocarbonyl (C=S) groups is 1. The lowest BCUT2D eigenvalue weighted by Gasteiger charge is -2.26. The Kier molecular flexibility index (Phi) is 7.62. The van der Waals surface area contributed by atoms with E-state index in [4.69, 9.17) is 33.0 Å². The highest BCUT2D eigenvalue weighted by atomic mass is 35.5. The number of ether oxygens (including phenoxy) is 1. The van der Waals surface area contributed by atoms with Crippen LogP contribution in [0, 0.1) is 6.92 Å². The normalized spacial score (nSPS) is 16.8. The zero-order chi connectivity index (χ0) is 26.6. The van der Waals surface area contributed by atoms with E-state index >= 15 is 0 Å². The molecular formula is C29H27ClN4O3S. The minimum absolute atomic E-state index is 0.147. The highest BCUT2D eigenvalue weighted by molar-refractivity contribution is 7.80. The van der Waals surface area contributed by atoms with Crippen LogP contribution in [0.25, 0.3) is 11.3 Å². The van der Waals surface area contributed by atoms with Crippen molar-refractivity contribution in [2.45, 2.75) is 25.4 Å². The van der Waals surface area contributed by atoms with Crippen molar-refractivity contribution < 1.29 is 13.9 Å². The average molecular weight is 547 g/mol. The first-order valence-electron chi connectivity index (χ1n) is 12.2. The van der Waals surface area contributed by atoms with Crippen LogP contribution in [0.4, 0.5) is 5.69 Å². The number of aryl methyl sites for hydroxylation is 1. The summed E-state index contributed by atoms with van der Waals surface area (Å²) in [5.41, 5.74) is 3.34. The van der Waals surface area contributed by atoms with Gasteiger partial charge in [-0.25, -0.2) is 0 Å². The fraction of sp³-hybridized carbons (Fsp3) is 0.207. The molecule has 2 aromatic carbocycles. The van der Waals surface area contributed by atoms with Gasteiger partial charge in [-0.05, 0) is 67.2 Å². The van der Waals surface area contributed by atoms with E-state index in [0.29, 0.717) is 39.6 Å². The molecule has 2 atom stereocenters. The van der Waals surface area contributed by atoms with Crippen LogP contribution < -0.4 is 15.4 Å². The van der Waals surface area contributed by atoms with Gasteiger partial charge in [-0.15, -0.1) is 0 Å². The molecule has 0 unspecified atom stereocenters. The summed E-state index contributed by atoms with van der Waals surface area (Å²) in [5, 5.41) is 7.53. The number of furan rings is 1. The molecule has 0 aliphatic carbocycles. The summed E-state index contributed by atoms with van der Waals surface area (Å²) in [6.45, 7) is 2.34. The molecule has 0 spiro atoms. The summed E-state index contributed by atoms with van der Waals surface area (Å²) in [6, 6.07) is 22.3. The molecule has 3 heterocycles. The molecule has 1 aliphatic heterocycles. The Bertz CT molecular complexity index is 1460. The molecule has 9 heteroatoms. The largest absolute Gasteiger partial charge is 0.495 e. The minimum Gasteiger partial charge on any atom is -0.495 e. The number of para-hydroxylation sites is 2. The number of hydrogen-bond acceptors (Lipinski definition) is 5. The van der Waals surface area contributed by atoms with Crippen LogP contribution >= 0.6 is 23.8 Å². The molecule has 1 fully saturated rings. The smallest absolute Gasteiger partial charge is 0.226 e. The summed E-state index contributed by atoms with van der Waals surface area (Å²) in [7, 11) is 1.57. The molecule has 5 rings (SSSR count). The summed E-state index contributed by atoms with van der Waals surface area (Å²) < 4.78 is 11.7. The van der Waals surface area contributed by atoms with Crippen molar-refractivity contribution in [3.63, 3.8) is 0 Å². The van der Waals surface area contributed by atoms with Crippen LogP contribution in [0.2, 0.25) is 5.02 Å². The molecule has 1 saturated heterocycles. The van der Waals surface area contributed by atoms with E-state index in [1.807, 2.05) is 72.5 Å². The zero-order valence-electron chi connectivity index (χ0n) is 21.0. The van der Waals surface area contributed by atoms with Crippen molar-refractivity contribution in [1.82, 2.24) is 15.2 Å². The van der Waals surface area contributed by atoms with E-state index in [0.717, 1.165) is 16.8 Å². The Morgan fingerprint density at radius 3 is 2.74 bits per heavy atom. The quantitative estimate of drug-likeness (QED) is 0.251. The summed E-state index contributed by atoms with van der Waals surface area (Å²) in [4.78, 5) is 19.4. The van der Waals surface area contributed by atoms with Gasteiger partial charge in [0.1, 0.15) is 23.3 Å². The Hall–Kier alpha value is -3.88. The number of halogens is 1. The summed E-state index contributed by atoms with van der Waals surface area (Å²) in [5.74, 6) is 1.87. The van der Waals surface area contributed by atoms with Gasteiger partial charge < -0.3 is 24.7 Å². The van der Waals surface area contributed by atoms with E-state index in [9.17, 15) is 4.79 Å². The Balaban J connectivity index is 1.40. The molecule has 1 amide bonds. The fourth-order valence-electron chi connectivity index (χ4n) is 4.55. The van der Waals surface area contributed by atoms with Crippen LogP contribution in [0.1, 0.15) is 35.5 Å². The molecule has 0 radical (unpaired) electrons. The SMILES string of the molecule is COc1ccccc1NC(=O)CCN1C(=S)N[C@H](c2ccccn2)[C@H]1c1ccc(-c2ccc(C)c(Cl)c2)o1. The van der Waals surface area contributed by atoms with Gasteiger partial charge in [0, 0.05) is 29.7 Å². The number of nitrogens with one attached hydrogen (secondary N) is 2. The van der Waals surface area contributed by atoms with Gasteiger partial charge >= 0.3 is 0 Å². The maximum Gasteiger partial charge on any atom is 0.226 e. The number of hydrogen-bond donors (Lipinski definition) is 2. The second-order valence-corrected chi connectivity index (χ2v) is 9.78. The minimum atomic E-state index is -0.300. The van der Waals surface area contributed by atoms with Crippen LogP contribution in [-0.2, 0) is 4.79 Å². The predicted molar refractivity (Wildman–Crippen MR) is 152 cm³/mol. The lowest BCUT2D eigenvalue weighted by Crippen LogP contribution is -2.32. The lowest BCUT2D eigenvalue weighted by atomic mass is 10.0. The van der Waals surface area contributed by atoms with Crippen LogP contribution in [0.15, 0.2) is 83.4 Å². The summed E-state index contributed by atoms with van der Waals surface area (Å²) >= 11 is 12.1. The molecule has 7 nitrogen and oxygen atoms in total. The number of nitrogens with zero attached hydrogens (tertiary/aromatic N) is 2. The van der Waals surface area contributed by atoms with Crippen molar-refractivity contribution in [2.24, 2.45) is 0 Å². The highest BCUT2D eigenvalue weighted by Gasteiger charge is 2.41. The number of carbonyl (C=O) groups excluding carboxylic acids is 1. The van der Waals surface area contributed by atoms with Gasteiger partial charge in [-0.2, -0.15) is 0 Å². The molecule has 38 heavy (non-hydrogen) atoms. The molecule has 0 bridgehead atoms. The second-order valence-electron chi connectivity index (χ2n) is 8.98. The number of pyridine rings is 1. The van der Waals surface area contributed by atoms with E-state index in [-0.39, 0.29) is 24.4 Å². The monoisotopic (exact) mass is 546 g/mol. The first-order chi connectivity index (χ1) is 18.4. The van der Waals surface area contributed by atoms with Crippen LogP contribution in [0.3, 0.4) is 0 Å². The molecule has 4 aromatic rings. The standard InChI is InChI=1S/C29H27ClN4O3S/c1-18-10-11-19(17-20(18)30)23-12-13-25(37-23)28-27(22-8-5-6-15-31-22)33-29(38)34(28)16-14-26(35)32-21-7-3-4-9-24(21)36-2/h3-13,15,17,27-28H,14,16H2,1-2H3,(H,32,35)(H,33,38)/t27-,28-/m1/s1. The number of aromatic nitrogens is 1.